The van der Waals surface area contributed by atoms with Crippen LogP contribution in [0.15, 0.2) is 4.99 Å². The molecule has 0 amide bonds. The molecule has 0 aliphatic carbocycles. The Hall–Kier alpha value is -0.570. The summed E-state index contributed by atoms with van der Waals surface area (Å²) in [6.07, 6.45) is 0. The van der Waals surface area contributed by atoms with Gasteiger partial charge < -0.3 is 10.6 Å². The maximum Gasteiger partial charge on any atom is 0.115 e. The number of hydrogen-bond acceptors (Lipinski definition) is 3. The van der Waals surface area contributed by atoms with E-state index in [0.29, 0.717) is 0 Å². The summed E-state index contributed by atoms with van der Waals surface area (Å²) in [5.41, 5.74) is 5.62. The van der Waals surface area contributed by atoms with Gasteiger partial charge in [-0.25, -0.2) is 0 Å². The molecule has 3 heteroatoms. The van der Waals surface area contributed by atoms with E-state index in [1.54, 1.807) is 0 Å². The molecule has 1 heterocycles. The molecular weight excluding hydrogens is 114 g/mol. The summed E-state index contributed by atoms with van der Waals surface area (Å²) < 4.78 is 0. The van der Waals surface area contributed by atoms with Gasteiger partial charge in [0.25, 0.3) is 0 Å². The smallest absolute Gasteiger partial charge is 0.115 e. The van der Waals surface area contributed by atoms with Gasteiger partial charge in [0, 0.05) is 13.6 Å². The molecule has 0 aromatic carbocycles. The Morgan fingerprint density at radius 2 is 2.44 bits per heavy atom. The molecule has 3 nitrogen and oxygen atoms in total. The lowest BCUT2D eigenvalue weighted by Gasteiger charge is -2.15. The van der Waals surface area contributed by atoms with E-state index in [4.69, 9.17) is 5.73 Å². The zero-order valence-electron chi connectivity index (χ0n) is 5.96. The Kier molecular flexibility index (Phi) is 1.71. The molecule has 1 unspecified atom stereocenters. The number of hydrogen-bond donors (Lipinski definition) is 1. The molecule has 0 spiro atoms. The monoisotopic (exact) mass is 127 g/mol. The van der Waals surface area contributed by atoms with Crippen molar-refractivity contribution in [2.75, 3.05) is 20.1 Å². The SMILES string of the molecule is CC(N)C1=NCCN1C. The molecule has 0 aromatic rings. The van der Waals surface area contributed by atoms with Gasteiger partial charge >= 0.3 is 0 Å². The van der Waals surface area contributed by atoms with Crippen molar-refractivity contribution in [2.45, 2.75) is 13.0 Å². The van der Waals surface area contributed by atoms with E-state index in [1.807, 2.05) is 14.0 Å². The van der Waals surface area contributed by atoms with Crippen molar-refractivity contribution in [3.63, 3.8) is 0 Å². The molecule has 1 aliphatic rings. The Balaban J connectivity index is 2.57. The second-order valence-electron chi connectivity index (χ2n) is 2.45. The molecule has 1 rings (SSSR count). The molecule has 0 fully saturated rings. The first-order chi connectivity index (χ1) is 4.22. The van der Waals surface area contributed by atoms with E-state index in [-0.39, 0.29) is 6.04 Å². The average Bonchev–Trinajstić information content (AvgIpc) is 2.13. The summed E-state index contributed by atoms with van der Waals surface area (Å²) >= 11 is 0. The highest BCUT2D eigenvalue weighted by molar-refractivity contribution is 5.87. The Morgan fingerprint density at radius 3 is 2.67 bits per heavy atom. The van der Waals surface area contributed by atoms with E-state index in [1.165, 1.54) is 0 Å². The minimum absolute atomic E-state index is 0.0949. The predicted molar refractivity (Wildman–Crippen MR) is 38.6 cm³/mol. The summed E-state index contributed by atoms with van der Waals surface area (Å²) in [6, 6.07) is 0.0949. The molecule has 2 N–H and O–H groups in total. The van der Waals surface area contributed by atoms with E-state index in [2.05, 4.69) is 9.89 Å². The van der Waals surface area contributed by atoms with E-state index < -0.39 is 0 Å². The van der Waals surface area contributed by atoms with Crippen LogP contribution >= 0.6 is 0 Å². The van der Waals surface area contributed by atoms with Gasteiger partial charge in [0.2, 0.25) is 0 Å². The van der Waals surface area contributed by atoms with Crippen LogP contribution in [0, 0.1) is 0 Å². The number of nitrogens with two attached hydrogens (primary N) is 1. The highest BCUT2D eigenvalue weighted by Crippen LogP contribution is 1.99. The third-order valence-electron chi connectivity index (χ3n) is 1.51. The Labute approximate surface area is 55.6 Å². The van der Waals surface area contributed by atoms with Gasteiger partial charge in [-0.05, 0) is 6.92 Å². The van der Waals surface area contributed by atoms with E-state index >= 15 is 0 Å². The largest absolute Gasteiger partial charge is 0.360 e. The van der Waals surface area contributed by atoms with E-state index in [9.17, 15) is 0 Å². The molecule has 0 saturated carbocycles. The quantitative estimate of drug-likeness (QED) is 0.524. The molecular formula is C6H13N3. The van der Waals surface area contributed by atoms with Crippen LogP contribution in [0.2, 0.25) is 0 Å². The number of aliphatic imine (C=N–C) groups is 1. The summed E-state index contributed by atoms with van der Waals surface area (Å²) in [7, 11) is 2.02. The third-order valence-corrected chi connectivity index (χ3v) is 1.51. The molecule has 0 aromatic heterocycles. The lowest BCUT2D eigenvalue weighted by molar-refractivity contribution is 0.538. The Morgan fingerprint density at radius 1 is 1.78 bits per heavy atom. The van der Waals surface area contributed by atoms with Crippen LogP contribution in [-0.4, -0.2) is 36.9 Å². The minimum atomic E-state index is 0.0949. The summed E-state index contributed by atoms with van der Waals surface area (Å²) in [6.45, 7) is 3.89. The molecule has 0 radical (unpaired) electrons. The summed E-state index contributed by atoms with van der Waals surface area (Å²) in [4.78, 5) is 6.34. The lowest BCUT2D eigenvalue weighted by Crippen LogP contribution is -2.36. The average molecular weight is 127 g/mol. The summed E-state index contributed by atoms with van der Waals surface area (Å²) in [5, 5.41) is 0. The Bertz CT molecular complexity index is 128. The van der Waals surface area contributed by atoms with Crippen molar-refractivity contribution >= 4 is 5.84 Å². The minimum Gasteiger partial charge on any atom is -0.360 e. The first-order valence-corrected chi connectivity index (χ1v) is 3.23. The van der Waals surface area contributed by atoms with Gasteiger partial charge in [-0.1, -0.05) is 0 Å². The second-order valence-corrected chi connectivity index (χ2v) is 2.45. The topological polar surface area (TPSA) is 41.6 Å². The highest BCUT2D eigenvalue weighted by atomic mass is 15.2. The zero-order chi connectivity index (χ0) is 6.85. The van der Waals surface area contributed by atoms with Crippen molar-refractivity contribution in [1.82, 2.24) is 4.90 Å². The third kappa shape index (κ3) is 1.21. The molecule has 0 bridgehead atoms. The van der Waals surface area contributed by atoms with Gasteiger partial charge in [0.15, 0.2) is 0 Å². The molecule has 52 valence electrons. The first kappa shape index (κ1) is 6.55. The van der Waals surface area contributed by atoms with Gasteiger partial charge in [-0.3, -0.25) is 4.99 Å². The fourth-order valence-corrected chi connectivity index (χ4v) is 1.04. The van der Waals surface area contributed by atoms with Crippen LogP contribution < -0.4 is 5.73 Å². The second kappa shape index (κ2) is 2.35. The molecule has 9 heavy (non-hydrogen) atoms. The van der Waals surface area contributed by atoms with Crippen molar-refractivity contribution in [3.05, 3.63) is 0 Å². The van der Waals surface area contributed by atoms with Crippen LogP contribution in [0.1, 0.15) is 6.92 Å². The van der Waals surface area contributed by atoms with Crippen LogP contribution in [0.25, 0.3) is 0 Å². The van der Waals surface area contributed by atoms with Crippen LogP contribution in [0.4, 0.5) is 0 Å². The van der Waals surface area contributed by atoms with Gasteiger partial charge in [-0.2, -0.15) is 0 Å². The lowest BCUT2D eigenvalue weighted by atomic mass is 10.3. The van der Waals surface area contributed by atoms with Gasteiger partial charge in [0.1, 0.15) is 5.84 Å². The maximum atomic E-state index is 5.62. The number of likely N-dealkylation sites (N-methyl/N-ethyl adjacent to an activating group) is 1. The predicted octanol–water partition coefficient (Wildman–Crippen LogP) is -0.323. The van der Waals surface area contributed by atoms with E-state index in [0.717, 1.165) is 18.9 Å². The molecule has 1 atom stereocenters. The van der Waals surface area contributed by atoms with Crippen molar-refractivity contribution in [3.8, 4) is 0 Å². The van der Waals surface area contributed by atoms with Gasteiger partial charge in [0.05, 0.1) is 12.6 Å². The standard InChI is InChI=1S/C6H13N3/c1-5(7)6-8-3-4-9(6)2/h5H,3-4,7H2,1-2H3. The maximum absolute atomic E-state index is 5.62. The fraction of sp³-hybridized carbons (Fsp3) is 0.833. The normalized spacial score (nSPS) is 22.1. The number of nitrogens with zero attached hydrogens (tertiary/aromatic N) is 2. The fourth-order valence-electron chi connectivity index (χ4n) is 1.04. The highest BCUT2D eigenvalue weighted by Gasteiger charge is 2.14. The van der Waals surface area contributed by atoms with Crippen LogP contribution in [0.5, 0.6) is 0 Å². The molecule has 0 saturated heterocycles. The van der Waals surface area contributed by atoms with Crippen molar-refractivity contribution in [2.24, 2.45) is 10.7 Å². The number of amidine groups is 1. The zero-order valence-corrected chi connectivity index (χ0v) is 5.96. The van der Waals surface area contributed by atoms with Gasteiger partial charge in [-0.15, -0.1) is 0 Å². The summed E-state index contributed by atoms with van der Waals surface area (Å²) in [5.74, 6) is 1.04. The number of rotatable bonds is 1. The van der Waals surface area contributed by atoms with Crippen molar-refractivity contribution in [1.29, 1.82) is 0 Å². The first-order valence-electron chi connectivity index (χ1n) is 3.23. The van der Waals surface area contributed by atoms with Crippen LogP contribution in [0.3, 0.4) is 0 Å². The van der Waals surface area contributed by atoms with Crippen LogP contribution in [-0.2, 0) is 0 Å². The molecule has 1 aliphatic heterocycles. The van der Waals surface area contributed by atoms with Crippen molar-refractivity contribution < 1.29 is 0 Å².